The molecule has 5 rings (SSSR count). The summed E-state index contributed by atoms with van der Waals surface area (Å²) in [5.74, 6) is -0.267. The van der Waals surface area contributed by atoms with Gasteiger partial charge in [-0.2, -0.15) is 0 Å². The van der Waals surface area contributed by atoms with Crippen molar-refractivity contribution in [2.24, 2.45) is 0 Å². The number of benzene rings is 3. The van der Waals surface area contributed by atoms with Crippen molar-refractivity contribution >= 4 is 23.2 Å². The third-order valence-corrected chi connectivity index (χ3v) is 8.31. The molecule has 3 atom stereocenters. The van der Waals surface area contributed by atoms with Crippen molar-refractivity contribution < 1.29 is 24.2 Å². The number of piperidine rings is 1. The Hall–Kier alpha value is -3.76. The second kappa shape index (κ2) is 15.8. The zero-order valence-corrected chi connectivity index (χ0v) is 25.3. The van der Waals surface area contributed by atoms with Crippen LogP contribution in [-0.4, -0.2) is 47.6 Å². The predicted molar refractivity (Wildman–Crippen MR) is 170 cm³/mol. The van der Waals surface area contributed by atoms with Gasteiger partial charge in [-0.3, -0.25) is 9.59 Å². The summed E-state index contributed by atoms with van der Waals surface area (Å²) in [4.78, 5) is 27.1. The minimum Gasteiger partial charge on any atom is -0.397 e. The molecule has 5 N–H and O–H groups in total. The molecule has 0 bridgehead atoms. The van der Waals surface area contributed by atoms with E-state index in [1.54, 1.807) is 12.1 Å². The molecule has 2 aliphatic heterocycles. The number of carbonyl (C=O) groups is 2. The maximum absolute atomic E-state index is 12.4. The van der Waals surface area contributed by atoms with E-state index in [2.05, 4.69) is 15.5 Å². The summed E-state index contributed by atoms with van der Waals surface area (Å²) < 4.78 is 13.0. The lowest BCUT2D eigenvalue weighted by atomic mass is 9.99. The Morgan fingerprint density at radius 3 is 2.25 bits per heavy atom. The fourth-order valence-corrected chi connectivity index (χ4v) is 5.78. The lowest BCUT2D eigenvalue weighted by Crippen LogP contribution is -2.41. The number of aliphatic hydroxyl groups excluding tert-OH is 1. The monoisotopic (exact) mass is 600 g/mol. The molecular weight excluding hydrogens is 556 g/mol. The van der Waals surface area contributed by atoms with Crippen LogP contribution < -0.4 is 16.4 Å². The fraction of sp³-hybridized carbons (Fsp3) is 0.429. The number of nitrogens with one attached hydrogen (secondary N) is 2. The molecule has 2 saturated heterocycles. The van der Waals surface area contributed by atoms with Crippen LogP contribution in [0.25, 0.3) is 0 Å². The van der Waals surface area contributed by atoms with Crippen LogP contribution in [0.3, 0.4) is 0 Å². The number of hydrogen-bond acceptors (Lipinski definition) is 7. The SMILES string of the molecule is Nc1ccccc1NC(=O)CCCC(=O)NCc1ccc([C@@H]2O[C@H](CN3CCCCC3)C[C@H](c3ccc(CO)cc3)O2)cc1. The van der Waals surface area contributed by atoms with E-state index in [0.29, 0.717) is 24.3 Å². The number of nitrogens with two attached hydrogens (primary N) is 1. The first kappa shape index (κ1) is 31.7. The molecule has 3 aromatic rings. The van der Waals surface area contributed by atoms with Crippen molar-refractivity contribution in [2.75, 3.05) is 30.7 Å². The molecule has 0 aliphatic carbocycles. The smallest absolute Gasteiger partial charge is 0.224 e. The van der Waals surface area contributed by atoms with Crippen molar-refractivity contribution in [3.8, 4) is 0 Å². The van der Waals surface area contributed by atoms with Gasteiger partial charge >= 0.3 is 0 Å². The third-order valence-electron chi connectivity index (χ3n) is 8.31. The van der Waals surface area contributed by atoms with Crippen LogP contribution in [0.2, 0.25) is 0 Å². The van der Waals surface area contributed by atoms with Gasteiger partial charge in [-0.1, -0.05) is 67.1 Å². The molecule has 9 nitrogen and oxygen atoms in total. The third kappa shape index (κ3) is 9.12. The molecule has 44 heavy (non-hydrogen) atoms. The highest BCUT2D eigenvalue weighted by Crippen LogP contribution is 2.38. The molecule has 9 heteroatoms. The molecule has 234 valence electrons. The van der Waals surface area contributed by atoms with E-state index in [1.807, 2.05) is 60.7 Å². The number of anilines is 2. The van der Waals surface area contributed by atoms with Crippen molar-refractivity contribution in [1.29, 1.82) is 0 Å². The van der Waals surface area contributed by atoms with Gasteiger partial charge in [0.05, 0.1) is 30.2 Å². The van der Waals surface area contributed by atoms with Gasteiger partial charge in [0.1, 0.15) is 0 Å². The second-order valence-corrected chi connectivity index (χ2v) is 11.7. The summed E-state index contributed by atoms with van der Waals surface area (Å²) in [6.07, 6.45) is 4.92. The molecule has 2 aliphatic rings. The molecule has 2 fully saturated rings. The van der Waals surface area contributed by atoms with Gasteiger partial charge in [-0.15, -0.1) is 0 Å². The maximum atomic E-state index is 12.4. The quantitative estimate of drug-likeness (QED) is 0.210. The minimum absolute atomic E-state index is 0.0176. The molecular formula is C35H44N4O5. The van der Waals surface area contributed by atoms with E-state index in [1.165, 1.54) is 19.3 Å². The number of nitrogen functional groups attached to an aromatic ring is 1. The van der Waals surface area contributed by atoms with E-state index in [0.717, 1.165) is 48.3 Å². The number of carbonyl (C=O) groups excluding carboxylic acids is 2. The van der Waals surface area contributed by atoms with Crippen LogP contribution >= 0.6 is 0 Å². The zero-order chi connectivity index (χ0) is 30.7. The van der Waals surface area contributed by atoms with Gasteiger partial charge in [-0.05, 0) is 61.2 Å². The minimum atomic E-state index is -0.498. The van der Waals surface area contributed by atoms with Crippen molar-refractivity contribution in [3.63, 3.8) is 0 Å². The lowest BCUT2D eigenvalue weighted by Gasteiger charge is -2.39. The Balaban J connectivity index is 1.12. The van der Waals surface area contributed by atoms with Gasteiger partial charge in [0.25, 0.3) is 0 Å². The summed E-state index contributed by atoms with van der Waals surface area (Å²) in [6, 6.07) is 23.0. The first-order chi connectivity index (χ1) is 21.5. The molecule has 2 amide bonds. The van der Waals surface area contributed by atoms with E-state index >= 15 is 0 Å². The average molecular weight is 601 g/mol. The maximum Gasteiger partial charge on any atom is 0.224 e. The highest BCUT2D eigenvalue weighted by atomic mass is 16.7. The van der Waals surface area contributed by atoms with Crippen LogP contribution in [0.15, 0.2) is 72.8 Å². The Morgan fingerprint density at radius 1 is 0.841 bits per heavy atom. The molecule has 0 radical (unpaired) electrons. The second-order valence-electron chi connectivity index (χ2n) is 11.7. The Kier molecular flexibility index (Phi) is 11.4. The average Bonchev–Trinajstić information content (AvgIpc) is 3.05. The number of amides is 2. The molecule has 3 aromatic carbocycles. The predicted octanol–water partition coefficient (Wildman–Crippen LogP) is 5.22. The number of rotatable bonds is 12. The highest BCUT2D eigenvalue weighted by molar-refractivity contribution is 5.93. The van der Waals surface area contributed by atoms with Crippen LogP contribution in [0.5, 0.6) is 0 Å². The van der Waals surface area contributed by atoms with Crippen LogP contribution in [0, 0.1) is 0 Å². The topological polar surface area (TPSA) is 126 Å². The summed E-state index contributed by atoms with van der Waals surface area (Å²) in [6.45, 7) is 3.52. The standard InChI is InChI=1S/C35H44N4O5/c36-30-7-2-3-8-31(30)38-34(42)10-6-9-33(41)37-22-25-11-17-28(18-12-25)35-43-29(23-39-19-4-1-5-20-39)21-32(44-35)27-15-13-26(24-40)14-16-27/h2-3,7-8,11-18,29,32,35,40H,1,4-6,9-10,19-24,36H2,(H,37,41)(H,38,42)/t29-,32+,35+/m0/s1. The normalized spacial score (nSPS) is 20.6. The van der Waals surface area contributed by atoms with Gasteiger partial charge < -0.3 is 35.8 Å². The van der Waals surface area contributed by atoms with E-state index < -0.39 is 6.29 Å². The van der Waals surface area contributed by atoms with Gasteiger partial charge in [0, 0.05) is 37.9 Å². The van der Waals surface area contributed by atoms with Crippen LogP contribution in [-0.2, 0) is 32.2 Å². The van der Waals surface area contributed by atoms with Crippen molar-refractivity contribution in [1.82, 2.24) is 10.2 Å². The van der Waals surface area contributed by atoms with E-state index in [4.69, 9.17) is 15.2 Å². The molecule has 0 unspecified atom stereocenters. The Bertz CT molecular complexity index is 1360. The Morgan fingerprint density at radius 2 is 1.52 bits per heavy atom. The number of nitrogens with zero attached hydrogens (tertiary/aromatic N) is 1. The number of para-hydroxylation sites is 2. The zero-order valence-electron chi connectivity index (χ0n) is 25.3. The first-order valence-electron chi connectivity index (χ1n) is 15.7. The van der Waals surface area contributed by atoms with Crippen molar-refractivity contribution in [2.45, 2.75) is 76.6 Å². The largest absolute Gasteiger partial charge is 0.397 e. The van der Waals surface area contributed by atoms with Crippen LogP contribution in [0.4, 0.5) is 11.4 Å². The van der Waals surface area contributed by atoms with E-state index in [9.17, 15) is 14.7 Å². The molecule has 0 saturated carbocycles. The lowest BCUT2D eigenvalue weighted by molar-refractivity contribution is -0.253. The van der Waals surface area contributed by atoms with Gasteiger partial charge in [0.2, 0.25) is 11.8 Å². The molecule has 0 aromatic heterocycles. The summed E-state index contributed by atoms with van der Waals surface area (Å²) in [5, 5.41) is 15.2. The van der Waals surface area contributed by atoms with E-state index in [-0.39, 0.29) is 43.5 Å². The molecule has 2 heterocycles. The van der Waals surface area contributed by atoms with Gasteiger partial charge in [-0.25, -0.2) is 0 Å². The first-order valence-corrected chi connectivity index (χ1v) is 15.7. The highest BCUT2D eigenvalue weighted by Gasteiger charge is 2.33. The van der Waals surface area contributed by atoms with Crippen molar-refractivity contribution in [3.05, 3.63) is 95.1 Å². The summed E-state index contributed by atoms with van der Waals surface area (Å²) >= 11 is 0. The Labute approximate surface area is 259 Å². The number of aliphatic hydroxyl groups is 1. The molecule has 0 spiro atoms. The number of likely N-dealkylation sites (tertiary alicyclic amines) is 1. The summed E-state index contributed by atoms with van der Waals surface area (Å²) in [7, 11) is 0. The number of ether oxygens (including phenoxy) is 2. The fourth-order valence-electron chi connectivity index (χ4n) is 5.78. The summed E-state index contributed by atoms with van der Waals surface area (Å²) in [5.41, 5.74) is 10.8. The van der Waals surface area contributed by atoms with Gasteiger partial charge in [0.15, 0.2) is 6.29 Å². The van der Waals surface area contributed by atoms with Crippen LogP contribution in [0.1, 0.15) is 79.6 Å². The number of hydrogen-bond donors (Lipinski definition) is 4.